The number of amides is 1. The van der Waals surface area contributed by atoms with Crippen molar-refractivity contribution in [3.05, 3.63) is 33.7 Å². The molecule has 2 rings (SSSR count). The summed E-state index contributed by atoms with van der Waals surface area (Å²) in [6.45, 7) is 5.19. The van der Waals surface area contributed by atoms with Crippen LogP contribution in [0.3, 0.4) is 0 Å². The van der Waals surface area contributed by atoms with Crippen LogP contribution in [0.5, 0.6) is 0 Å². The van der Waals surface area contributed by atoms with Gasteiger partial charge in [0.25, 0.3) is 5.91 Å². The van der Waals surface area contributed by atoms with E-state index in [-0.39, 0.29) is 16.9 Å². The lowest BCUT2D eigenvalue weighted by molar-refractivity contribution is 0.0755. The number of carbonyl (C=O) groups excluding carboxylic acids is 1. The Morgan fingerprint density at radius 3 is 2.76 bits per heavy atom. The van der Waals surface area contributed by atoms with Crippen molar-refractivity contribution in [2.24, 2.45) is 5.92 Å². The Labute approximate surface area is 101 Å². The van der Waals surface area contributed by atoms with Gasteiger partial charge in [-0.3, -0.25) is 9.59 Å². The summed E-state index contributed by atoms with van der Waals surface area (Å²) in [5.41, 5.74) is 0.829. The van der Waals surface area contributed by atoms with Crippen molar-refractivity contribution >= 4 is 5.91 Å². The van der Waals surface area contributed by atoms with Crippen molar-refractivity contribution in [1.29, 1.82) is 0 Å². The Morgan fingerprint density at radius 2 is 2.24 bits per heavy atom. The quantitative estimate of drug-likeness (QED) is 0.859. The number of aryl methyl sites for hydroxylation is 1. The fourth-order valence-corrected chi connectivity index (χ4v) is 1.88. The fraction of sp³-hybridized carbons (Fsp3) is 0.538. The normalized spacial score (nSPS) is 14.7. The number of hydrogen-bond donors (Lipinski definition) is 1. The van der Waals surface area contributed by atoms with Gasteiger partial charge >= 0.3 is 0 Å². The van der Waals surface area contributed by atoms with Gasteiger partial charge in [-0.1, -0.05) is 0 Å². The zero-order valence-electron chi connectivity index (χ0n) is 10.3. The van der Waals surface area contributed by atoms with Crippen LogP contribution in [-0.2, 0) is 0 Å². The minimum Gasteiger partial charge on any atom is -0.364 e. The maximum Gasteiger partial charge on any atom is 0.259 e. The number of aromatic nitrogens is 1. The molecule has 0 spiro atoms. The molecule has 92 valence electrons. The Hall–Kier alpha value is -1.58. The monoisotopic (exact) mass is 234 g/mol. The van der Waals surface area contributed by atoms with E-state index in [2.05, 4.69) is 4.98 Å². The highest BCUT2D eigenvalue weighted by atomic mass is 16.2. The molecule has 0 radical (unpaired) electrons. The van der Waals surface area contributed by atoms with Crippen molar-refractivity contribution in [3.63, 3.8) is 0 Å². The Kier molecular flexibility index (Phi) is 3.31. The fourth-order valence-electron chi connectivity index (χ4n) is 1.88. The summed E-state index contributed by atoms with van der Waals surface area (Å²) in [7, 11) is 0. The highest BCUT2D eigenvalue weighted by molar-refractivity contribution is 5.93. The number of H-pyrrole nitrogens is 1. The van der Waals surface area contributed by atoms with Gasteiger partial charge in [-0.05, 0) is 32.6 Å². The number of nitrogens with one attached hydrogen (secondary N) is 1. The summed E-state index contributed by atoms with van der Waals surface area (Å²) >= 11 is 0. The molecule has 1 aliphatic carbocycles. The standard InChI is InChI=1S/C13H18N2O2/c1-3-15(8-10-4-5-10)13(17)11-7-14-9(2)6-12(11)16/h6-7,10H,3-5,8H2,1-2H3,(H,14,16). The predicted octanol–water partition coefficient (Wildman–Crippen LogP) is 1.56. The summed E-state index contributed by atoms with van der Waals surface area (Å²) in [5, 5.41) is 0. The van der Waals surface area contributed by atoms with Gasteiger partial charge in [-0.2, -0.15) is 0 Å². The third-order valence-corrected chi connectivity index (χ3v) is 3.13. The maximum atomic E-state index is 12.2. The molecule has 1 saturated carbocycles. The van der Waals surface area contributed by atoms with E-state index in [9.17, 15) is 9.59 Å². The minimum atomic E-state index is -0.194. The first-order chi connectivity index (χ1) is 8.11. The molecular weight excluding hydrogens is 216 g/mol. The topological polar surface area (TPSA) is 53.2 Å². The van der Waals surface area contributed by atoms with Crippen LogP contribution in [0, 0.1) is 12.8 Å². The number of aromatic amines is 1. The molecule has 17 heavy (non-hydrogen) atoms. The Bertz CT molecular complexity index is 475. The lowest BCUT2D eigenvalue weighted by atomic mass is 10.2. The Morgan fingerprint density at radius 1 is 1.53 bits per heavy atom. The molecule has 1 N–H and O–H groups in total. The number of rotatable bonds is 4. The highest BCUT2D eigenvalue weighted by Gasteiger charge is 2.27. The van der Waals surface area contributed by atoms with Crippen molar-refractivity contribution in [3.8, 4) is 0 Å². The molecule has 0 bridgehead atoms. The zero-order valence-corrected chi connectivity index (χ0v) is 10.3. The van der Waals surface area contributed by atoms with Crippen LogP contribution >= 0.6 is 0 Å². The summed E-state index contributed by atoms with van der Waals surface area (Å²) in [4.78, 5) is 28.6. The highest BCUT2D eigenvalue weighted by Crippen LogP contribution is 2.29. The zero-order chi connectivity index (χ0) is 12.4. The molecule has 1 amide bonds. The molecular formula is C13H18N2O2. The Balaban J connectivity index is 2.18. The molecule has 0 unspecified atom stereocenters. The predicted molar refractivity (Wildman–Crippen MR) is 66.1 cm³/mol. The molecule has 0 aliphatic heterocycles. The van der Waals surface area contributed by atoms with Crippen molar-refractivity contribution in [1.82, 2.24) is 9.88 Å². The molecule has 0 saturated heterocycles. The van der Waals surface area contributed by atoms with Gasteiger partial charge < -0.3 is 9.88 Å². The van der Waals surface area contributed by atoms with Gasteiger partial charge in [0.1, 0.15) is 5.56 Å². The van der Waals surface area contributed by atoms with Gasteiger partial charge in [-0.15, -0.1) is 0 Å². The average Bonchev–Trinajstić information content (AvgIpc) is 3.09. The lowest BCUT2D eigenvalue weighted by Gasteiger charge is -2.20. The first-order valence-corrected chi connectivity index (χ1v) is 6.10. The van der Waals surface area contributed by atoms with Crippen LogP contribution in [0.2, 0.25) is 0 Å². The SMILES string of the molecule is CCN(CC1CC1)C(=O)c1c[nH]c(C)cc1=O. The van der Waals surface area contributed by atoms with Crippen LogP contribution in [0.1, 0.15) is 35.8 Å². The van der Waals surface area contributed by atoms with Crippen LogP contribution in [-0.4, -0.2) is 28.9 Å². The van der Waals surface area contributed by atoms with Gasteiger partial charge in [-0.25, -0.2) is 0 Å². The van der Waals surface area contributed by atoms with Crippen LogP contribution in [0.25, 0.3) is 0 Å². The summed E-state index contributed by atoms with van der Waals surface area (Å²) < 4.78 is 0. The summed E-state index contributed by atoms with van der Waals surface area (Å²) in [6.07, 6.45) is 3.93. The first kappa shape index (κ1) is 11.9. The van der Waals surface area contributed by atoms with E-state index in [1.807, 2.05) is 6.92 Å². The first-order valence-electron chi connectivity index (χ1n) is 6.10. The number of pyridine rings is 1. The summed E-state index contributed by atoms with van der Waals surface area (Å²) in [6, 6.07) is 1.47. The third-order valence-electron chi connectivity index (χ3n) is 3.13. The number of nitrogens with zero attached hydrogens (tertiary/aromatic N) is 1. The molecule has 1 aromatic heterocycles. The molecule has 1 aromatic rings. The van der Waals surface area contributed by atoms with Crippen LogP contribution < -0.4 is 5.43 Å². The molecule has 1 fully saturated rings. The van der Waals surface area contributed by atoms with E-state index in [1.54, 1.807) is 11.8 Å². The average molecular weight is 234 g/mol. The minimum absolute atomic E-state index is 0.152. The van der Waals surface area contributed by atoms with E-state index in [1.165, 1.54) is 25.1 Å². The molecule has 4 heteroatoms. The van der Waals surface area contributed by atoms with Crippen molar-refractivity contribution in [2.45, 2.75) is 26.7 Å². The van der Waals surface area contributed by atoms with E-state index in [0.29, 0.717) is 12.5 Å². The molecule has 4 nitrogen and oxygen atoms in total. The number of carbonyl (C=O) groups is 1. The van der Waals surface area contributed by atoms with E-state index in [0.717, 1.165) is 12.2 Å². The number of hydrogen-bond acceptors (Lipinski definition) is 2. The largest absolute Gasteiger partial charge is 0.364 e. The second kappa shape index (κ2) is 4.73. The molecule has 1 aliphatic rings. The van der Waals surface area contributed by atoms with E-state index < -0.39 is 0 Å². The molecule has 0 aromatic carbocycles. The van der Waals surface area contributed by atoms with Crippen molar-refractivity contribution < 1.29 is 4.79 Å². The van der Waals surface area contributed by atoms with Gasteiger partial charge in [0.15, 0.2) is 5.43 Å². The summed E-state index contributed by atoms with van der Waals surface area (Å²) in [5.74, 6) is 0.490. The lowest BCUT2D eigenvalue weighted by Crippen LogP contribution is -2.35. The van der Waals surface area contributed by atoms with Crippen LogP contribution in [0.15, 0.2) is 17.1 Å². The van der Waals surface area contributed by atoms with Gasteiger partial charge in [0, 0.05) is 31.0 Å². The van der Waals surface area contributed by atoms with Crippen molar-refractivity contribution in [2.75, 3.05) is 13.1 Å². The molecule has 0 atom stereocenters. The van der Waals surface area contributed by atoms with Gasteiger partial charge in [0.2, 0.25) is 0 Å². The third kappa shape index (κ3) is 2.75. The van der Waals surface area contributed by atoms with Gasteiger partial charge in [0.05, 0.1) is 0 Å². The molecule has 1 heterocycles. The maximum absolute atomic E-state index is 12.2. The van der Waals surface area contributed by atoms with E-state index >= 15 is 0 Å². The van der Waals surface area contributed by atoms with Crippen LogP contribution in [0.4, 0.5) is 0 Å². The second-order valence-electron chi connectivity index (χ2n) is 4.68. The van der Waals surface area contributed by atoms with E-state index in [4.69, 9.17) is 0 Å². The second-order valence-corrected chi connectivity index (χ2v) is 4.68. The smallest absolute Gasteiger partial charge is 0.259 e.